The molecule has 0 aromatic rings. The van der Waals surface area contributed by atoms with Gasteiger partial charge in [0.2, 0.25) is 0 Å². The molecule has 70 valence electrons. The number of hydrogen-bond acceptors (Lipinski definition) is 2. The minimum atomic E-state index is -0.729. The SMILES string of the molecule is O=C1[C@H](O)[C@@H]2CCC[C@@]23C=CCN13. The molecule has 1 saturated carbocycles. The van der Waals surface area contributed by atoms with Gasteiger partial charge in [0.15, 0.2) is 0 Å². The number of carbonyl (C=O) groups is 1. The summed E-state index contributed by atoms with van der Waals surface area (Å²) in [4.78, 5) is 13.5. The minimum absolute atomic E-state index is 0.0605. The fourth-order valence-corrected chi connectivity index (χ4v) is 3.26. The van der Waals surface area contributed by atoms with Crippen molar-refractivity contribution in [2.45, 2.75) is 30.9 Å². The lowest BCUT2D eigenvalue weighted by Crippen LogP contribution is -2.41. The number of rotatable bonds is 0. The predicted octanol–water partition coefficient (Wildman–Crippen LogP) is 0.298. The van der Waals surface area contributed by atoms with Crippen LogP contribution in [0.15, 0.2) is 12.2 Å². The van der Waals surface area contributed by atoms with Crippen LogP contribution in [-0.4, -0.2) is 34.1 Å². The van der Waals surface area contributed by atoms with Crippen LogP contribution in [0.2, 0.25) is 0 Å². The van der Waals surface area contributed by atoms with Gasteiger partial charge in [-0.25, -0.2) is 0 Å². The molecule has 2 heterocycles. The van der Waals surface area contributed by atoms with Gasteiger partial charge >= 0.3 is 0 Å². The third-order valence-electron chi connectivity index (χ3n) is 3.83. The van der Waals surface area contributed by atoms with E-state index in [2.05, 4.69) is 12.2 Å². The highest BCUT2D eigenvalue weighted by Gasteiger charge is 2.59. The first-order chi connectivity index (χ1) is 6.26. The van der Waals surface area contributed by atoms with Crippen LogP contribution in [-0.2, 0) is 4.79 Å². The first-order valence-corrected chi connectivity index (χ1v) is 4.93. The quantitative estimate of drug-likeness (QED) is 0.543. The van der Waals surface area contributed by atoms with Gasteiger partial charge in [-0.2, -0.15) is 0 Å². The van der Waals surface area contributed by atoms with Crippen molar-refractivity contribution in [2.75, 3.05) is 6.54 Å². The van der Waals surface area contributed by atoms with Crippen LogP contribution in [0.25, 0.3) is 0 Å². The zero-order valence-electron chi connectivity index (χ0n) is 7.44. The molecule has 2 fully saturated rings. The van der Waals surface area contributed by atoms with Crippen LogP contribution < -0.4 is 0 Å². The Kier molecular flexibility index (Phi) is 1.25. The van der Waals surface area contributed by atoms with E-state index in [0.29, 0.717) is 6.54 Å². The van der Waals surface area contributed by atoms with Crippen LogP contribution in [0.5, 0.6) is 0 Å². The molecule has 3 aliphatic rings. The van der Waals surface area contributed by atoms with E-state index in [-0.39, 0.29) is 17.4 Å². The first kappa shape index (κ1) is 7.56. The molecule has 13 heavy (non-hydrogen) atoms. The Morgan fingerprint density at radius 2 is 2.46 bits per heavy atom. The van der Waals surface area contributed by atoms with E-state index >= 15 is 0 Å². The molecule has 2 aliphatic heterocycles. The Labute approximate surface area is 77.0 Å². The molecular weight excluding hydrogens is 166 g/mol. The lowest BCUT2D eigenvalue weighted by atomic mass is 9.88. The topological polar surface area (TPSA) is 40.5 Å². The molecule has 0 aromatic carbocycles. The maximum atomic E-state index is 11.6. The van der Waals surface area contributed by atoms with Crippen LogP contribution in [0.1, 0.15) is 19.3 Å². The van der Waals surface area contributed by atoms with Crippen molar-refractivity contribution in [1.82, 2.24) is 4.90 Å². The van der Waals surface area contributed by atoms with Crippen LogP contribution in [0.3, 0.4) is 0 Å². The van der Waals surface area contributed by atoms with Gasteiger partial charge in [0, 0.05) is 12.5 Å². The van der Waals surface area contributed by atoms with E-state index < -0.39 is 6.10 Å². The number of amides is 1. The lowest BCUT2D eigenvalue weighted by molar-refractivity contribution is -0.135. The summed E-state index contributed by atoms with van der Waals surface area (Å²) < 4.78 is 0. The van der Waals surface area contributed by atoms with Crippen molar-refractivity contribution in [2.24, 2.45) is 5.92 Å². The maximum Gasteiger partial charge on any atom is 0.252 e. The molecule has 0 aromatic heterocycles. The van der Waals surface area contributed by atoms with Crippen molar-refractivity contribution < 1.29 is 9.90 Å². The maximum absolute atomic E-state index is 11.6. The molecule has 1 saturated heterocycles. The van der Waals surface area contributed by atoms with E-state index in [9.17, 15) is 9.90 Å². The molecule has 1 aliphatic carbocycles. The second-order valence-corrected chi connectivity index (χ2v) is 4.29. The molecule has 1 N–H and O–H groups in total. The Balaban J connectivity index is 2.10. The van der Waals surface area contributed by atoms with Gasteiger partial charge in [-0.1, -0.05) is 18.6 Å². The summed E-state index contributed by atoms with van der Waals surface area (Å²) in [5.74, 6) is 0.105. The van der Waals surface area contributed by atoms with Crippen molar-refractivity contribution in [3.8, 4) is 0 Å². The Morgan fingerprint density at radius 3 is 3.31 bits per heavy atom. The van der Waals surface area contributed by atoms with Crippen LogP contribution in [0, 0.1) is 5.92 Å². The standard InChI is InChI=1S/C10H13NO2/c12-8-7-3-1-4-10(7)5-2-6-11(10)9(8)13/h2,5,7-8,12H,1,3-4,6H2/t7-,8+,10+/m0/s1. The zero-order chi connectivity index (χ0) is 9.05. The number of aliphatic hydroxyl groups excluding tert-OH is 1. The van der Waals surface area contributed by atoms with E-state index in [4.69, 9.17) is 0 Å². The average molecular weight is 179 g/mol. The molecule has 3 rings (SSSR count). The van der Waals surface area contributed by atoms with Gasteiger partial charge in [-0.05, 0) is 12.8 Å². The zero-order valence-corrected chi connectivity index (χ0v) is 7.44. The highest BCUT2D eigenvalue weighted by Crippen LogP contribution is 2.50. The minimum Gasteiger partial charge on any atom is -0.383 e. The third-order valence-corrected chi connectivity index (χ3v) is 3.83. The van der Waals surface area contributed by atoms with Crippen LogP contribution >= 0.6 is 0 Å². The first-order valence-electron chi connectivity index (χ1n) is 4.93. The summed E-state index contributed by atoms with van der Waals surface area (Å²) >= 11 is 0. The molecule has 3 heteroatoms. The Bertz CT molecular complexity index is 299. The summed E-state index contributed by atoms with van der Waals surface area (Å²) in [6, 6.07) is 0. The Hall–Kier alpha value is -0.830. The average Bonchev–Trinajstić information content (AvgIpc) is 2.75. The lowest BCUT2D eigenvalue weighted by Gasteiger charge is -2.30. The van der Waals surface area contributed by atoms with Crippen molar-refractivity contribution in [3.63, 3.8) is 0 Å². The van der Waals surface area contributed by atoms with Crippen LogP contribution in [0.4, 0.5) is 0 Å². The summed E-state index contributed by atoms with van der Waals surface area (Å²) in [7, 11) is 0. The fourth-order valence-electron chi connectivity index (χ4n) is 3.26. The second kappa shape index (κ2) is 2.15. The van der Waals surface area contributed by atoms with Crippen molar-refractivity contribution in [1.29, 1.82) is 0 Å². The van der Waals surface area contributed by atoms with Gasteiger partial charge in [0.05, 0.1) is 5.54 Å². The molecule has 0 radical (unpaired) electrons. The molecular formula is C10H13NO2. The monoisotopic (exact) mass is 179 g/mol. The second-order valence-electron chi connectivity index (χ2n) is 4.29. The van der Waals surface area contributed by atoms with Gasteiger partial charge in [0.25, 0.3) is 5.91 Å². The molecule has 1 spiro atoms. The Morgan fingerprint density at radius 1 is 1.62 bits per heavy atom. The molecule has 3 nitrogen and oxygen atoms in total. The summed E-state index contributed by atoms with van der Waals surface area (Å²) in [5, 5.41) is 9.74. The van der Waals surface area contributed by atoms with E-state index in [1.54, 1.807) is 0 Å². The van der Waals surface area contributed by atoms with E-state index in [1.165, 1.54) is 0 Å². The van der Waals surface area contributed by atoms with Crippen molar-refractivity contribution >= 4 is 5.91 Å². The largest absolute Gasteiger partial charge is 0.383 e. The van der Waals surface area contributed by atoms with Gasteiger partial charge in [0.1, 0.15) is 6.10 Å². The highest BCUT2D eigenvalue weighted by molar-refractivity contribution is 5.86. The van der Waals surface area contributed by atoms with E-state index in [1.807, 2.05) is 4.90 Å². The summed E-state index contributed by atoms with van der Waals surface area (Å²) in [6.45, 7) is 0.701. The molecule has 3 atom stereocenters. The molecule has 0 bridgehead atoms. The number of aliphatic hydroxyl groups is 1. The van der Waals surface area contributed by atoms with E-state index in [0.717, 1.165) is 19.3 Å². The third kappa shape index (κ3) is 0.680. The van der Waals surface area contributed by atoms with Gasteiger partial charge < -0.3 is 10.0 Å². The molecule has 1 amide bonds. The number of carbonyl (C=O) groups excluding carboxylic acids is 1. The fraction of sp³-hybridized carbons (Fsp3) is 0.700. The molecule has 0 unspecified atom stereocenters. The van der Waals surface area contributed by atoms with Crippen molar-refractivity contribution in [3.05, 3.63) is 12.2 Å². The smallest absolute Gasteiger partial charge is 0.252 e. The predicted molar refractivity (Wildman–Crippen MR) is 46.9 cm³/mol. The number of nitrogens with zero attached hydrogens (tertiary/aromatic N) is 1. The highest BCUT2D eigenvalue weighted by atomic mass is 16.3. The van der Waals surface area contributed by atoms with Gasteiger partial charge in [-0.3, -0.25) is 4.79 Å². The summed E-state index contributed by atoms with van der Waals surface area (Å²) in [6.07, 6.45) is 6.63. The van der Waals surface area contributed by atoms with Gasteiger partial charge in [-0.15, -0.1) is 0 Å². The summed E-state index contributed by atoms with van der Waals surface area (Å²) in [5.41, 5.74) is -0.0868. The normalized spacial score (nSPS) is 47.2. The number of hydrogen-bond donors (Lipinski definition) is 1.